The number of hydrogen-bond acceptors (Lipinski definition) is 3. The number of carboxylic acid groups (broad SMARTS) is 1. The molecule has 5 heteroatoms. The summed E-state index contributed by atoms with van der Waals surface area (Å²) in [7, 11) is 0. The van der Waals surface area contributed by atoms with Crippen molar-refractivity contribution in [2.75, 3.05) is 27.5 Å². The van der Waals surface area contributed by atoms with E-state index in [1.807, 2.05) is 0 Å². The van der Waals surface area contributed by atoms with Gasteiger partial charge in [-0.3, -0.25) is 9.59 Å². The number of hydrogen-bond donors (Lipinski definition) is 1. The number of aliphatic carboxylic acids is 1. The molecule has 0 spiro atoms. The van der Waals surface area contributed by atoms with Crippen LogP contribution in [0.15, 0.2) is 0 Å². The summed E-state index contributed by atoms with van der Waals surface area (Å²) in [6.07, 6.45) is 14.6. The fraction of sp³-hybridized carbons (Fsp3) is 0.920. The number of unbranched alkanes of at least 4 members (excludes halogenated alkanes) is 14. The summed E-state index contributed by atoms with van der Waals surface area (Å²) in [4.78, 5) is 23.7. The molecule has 0 aromatic rings. The standard InChI is InChI=1S/C25H49NO4/c1-5-6-7-8-9-10-11-12-13-14-15-16-17-18-19-20-25(29)30-23(21-24(27)28)22-26(2,3)4/h23H,5-22H2,1-4H3/p+1/t23-/m1/s1/i2D3,3D3,4D3. The van der Waals surface area contributed by atoms with E-state index < -0.39 is 56.4 Å². The zero-order chi connectivity index (χ0) is 30.2. The van der Waals surface area contributed by atoms with E-state index in [4.69, 9.17) is 17.1 Å². The van der Waals surface area contributed by atoms with E-state index in [-0.39, 0.29) is 6.42 Å². The molecule has 178 valence electrons. The summed E-state index contributed by atoms with van der Waals surface area (Å²) in [5.74, 6) is -2.28. The molecule has 0 bridgehead atoms. The molecular formula is C25H50NO4+. The van der Waals surface area contributed by atoms with E-state index in [0.29, 0.717) is 6.42 Å². The number of ether oxygens (including phenoxy) is 1. The number of carbonyl (C=O) groups is 2. The lowest BCUT2D eigenvalue weighted by Gasteiger charge is -2.28. The molecule has 0 amide bonds. The van der Waals surface area contributed by atoms with Gasteiger partial charge in [-0.2, -0.15) is 0 Å². The van der Waals surface area contributed by atoms with E-state index in [0.717, 1.165) is 25.7 Å². The Morgan fingerprint density at radius 2 is 1.23 bits per heavy atom. The molecule has 0 heterocycles. The third kappa shape index (κ3) is 21.6. The van der Waals surface area contributed by atoms with Crippen molar-refractivity contribution < 1.29 is 36.3 Å². The SMILES string of the molecule is [2H]C([2H])([2H])[N+](C[C@@H](CC(=O)O)OC(=O)CCCCCCCCCCCCCCCCC)(C([2H])([2H])[2H])C([2H])([2H])[2H]. The first-order valence-electron chi connectivity index (χ1n) is 16.3. The minimum Gasteiger partial charge on any atom is -0.481 e. The van der Waals surface area contributed by atoms with Gasteiger partial charge in [0.1, 0.15) is 6.54 Å². The van der Waals surface area contributed by atoms with Crippen LogP contribution in [-0.2, 0) is 14.3 Å². The topological polar surface area (TPSA) is 63.6 Å². The van der Waals surface area contributed by atoms with Crippen molar-refractivity contribution in [3.8, 4) is 0 Å². The quantitative estimate of drug-likeness (QED) is 0.129. The van der Waals surface area contributed by atoms with Crippen molar-refractivity contribution >= 4 is 11.9 Å². The van der Waals surface area contributed by atoms with Crippen LogP contribution in [-0.4, -0.2) is 55.1 Å². The minimum atomic E-state index is -3.55. The van der Waals surface area contributed by atoms with Gasteiger partial charge in [-0.05, 0) is 6.42 Å². The first-order valence-corrected chi connectivity index (χ1v) is 11.8. The minimum absolute atomic E-state index is 0.0519. The van der Waals surface area contributed by atoms with Gasteiger partial charge in [-0.15, -0.1) is 0 Å². The highest BCUT2D eigenvalue weighted by Crippen LogP contribution is 2.14. The zero-order valence-corrected chi connectivity index (χ0v) is 18.9. The van der Waals surface area contributed by atoms with Crippen molar-refractivity contribution in [1.29, 1.82) is 0 Å². The summed E-state index contributed by atoms with van der Waals surface area (Å²) in [5.41, 5.74) is 0. The summed E-state index contributed by atoms with van der Waals surface area (Å²) >= 11 is 0. The average Bonchev–Trinajstić information content (AvgIpc) is 2.77. The molecule has 0 fully saturated rings. The zero-order valence-electron chi connectivity index (χ0n) is 27.9. The maximum absolute atomic E-state index is 12.4. The van der Waals surface area contributed by atoms with E-state index in [1.54, 1.807) is 0 Å². The van der Waals surface area contributed by atoms with Crippen LogP contribution in [0.2, 0.25) is 0 Å². The van der Waals surface area contributed by atoms with Crippen LogP contribution in [0.1, 0.15) is 128 Å². The van der Waals surface area contributed by atoms with Gasteiger partial charge >= 0.3 is 11.9 Å². The number of quaternary nitrogens is 1. The van der Waals surface area contributed by atoms with Gasteiger partial charge in [0, 0.05) is 6.42 Å². The molecule has 0 aromatic carbocycles. The number of carboxylic acids is 1. The Labute approximate surface area is 198 Å². The summed E-state index contributed by atoms with van der Waals surface area (Å²) in [5, 5.41) is 9.20. The highest BCUT2D eigenvalue weighted by molar-refractivity contribution is 5.71. The van der Waals surface area contributed by atoms with Gasteiger partial charge in [0.05, 0.1) is 39.7 Å². The summed E-state index contributed by atoms with van der Waals surface area (Å²) in [6.45, 7) is -9.63. The van der Waals surface area contributed by atoms with Gasteiger partial charge in [-0.1, -0.05) is 96.8 Å². The van der Waals surface area contributed by atoms with Gasteiger partial charge in [0.15, 0.2) is 6.10 Å². The predicted octanol–water partition coefficient (Wildman–Crippen LogP) is 6.34. The van der Waals surface area contributed by atoms with Crippen LogP contribution in [0.3, 0.4) is 0 Å². The van der Waals surface area contributed by atoms with Gasteiger partial charge < -0.3 is 14.3 Å². The molecule has 30 heavy (non-hydrogen) atoms. The highest BCUT2D eigenvalue weighted by Gasteiger charge is 2.24. The van der Waals surface area contributed by atoms with Crippen LogP contribution in [0.25, 0.3) is 0 Å². The molecule has 0 aromatic heterocycles. The number of likely N-dealkylation sites (N-methyl/N-ethyl adjacent to an activating group) is 1. The first kappa shape index (κ1) is 16.5. The molecular weight excluding hydrogens is 378 g/mol. The fourth-order valence-electron chi connectivity index (χ4n) is 3.53. The van der Waals surface area contributed by atoms with Gasteiger partial charge in [-0.25, -0.2) is 0 Å². The molecule has 0 unspecified atom stereocenters. The number of carbonyl (C=O) groups excluding carboxylic acids is 1. The van der Waals surface area contributed by atoms with Gasteiger partial charge in [0.25, 0.3) is 0 Å². The molecule has 5 nitrogen and oxygen atoms in total. The van der Waals surface area contributed by atoms with Crippen molar-refractivity contribution in [3.63, 3.8) is 0 Å². The molecule has 0 aliphatic heterocycles. The van der Waals surface area contributed by atoms with Crippen LogP contribution in [0.5, 0.6) is 0 Å². The lowest BCUT2D eigenvalue weighted by atomic mass is 10.0. The smallest absolute Gasteiger partial charge is 0.307 e. The second-order valence-electron chi connectivity index (χ2n) is 8.40. The molecule has 1 N–H and O–H groups in total. The Hall–Kier alpha value is -1.10. The van der Waals surface area contributed by atoms with Crippen LogP contribution in [0.4, 0.5) is 0 Å². The maximum Gasteiger partial charge on any atom is 0.307 e. The first-order chi connectivity index (χ1) is 18.0. The Morgan fingerprint density at radius 3 is 1.63 bits per heavy atom. The summed E-state index contributed by atoms with van der Waals surface area (Å²) < 4.78 is 71.9. The van der Waals surface area contributed by atoms with E-state index in [9.17, 15) is 14.7 Å². The molecule has 0 aliphatic rings. The molecule has 0 saturated carbocycles. The van der Waals surface area contributed by atoms with Crippen molar-refractivity contribution in [1.82, 2.24) is 0 Å². The van der Waals surface area contributed by atoms with Gasteiger partial charge in [0.2, 0.25) is 0 Å². The van der Waals surface area contributed by atoms with E-state index in [1.165, 1.54) is 64.2 Å². The number of nitrogens with zero attached hydrogens (tertiary/aromatic N) is 1. The molecule has 0 radical (unpaired) electrons. The lowest BCUT2D eigenvalue weighted by Crippen LogP contribution is -2.43. The number of rotatable bonds is 21. The predicted molar refractivity (Wildman–Crippen MR) is 125 cm³/mol. The highest BCUT2D eigenvalue weighted by atomic mass is 16.5. The third-order valence-electron chi connectivity index (χ3n) is 5.16. The third-order valence-corrected chi connectivity index (χ3v) is 5.16. The molecule has 0 rings (SSSR count). The summed E-state index contributed by atoms with van der Waals surface area (Å²) in [6, 6.07) is 0. The van der Waals surface area contributed by atoms with Crippen molar-refractivity contribution in [3.05, 3.63) is 0 Å². The van der Waals surface area contributed by atoms with Crippen LogP contribution >= 0.6 is 0 Å². The molecule has 0 saturated heterocycles. The Bertz CT molecular complexity index is 658. The monoisotopic (exact) mass is 437 g/mol. The second-order valence-corrected chi connectivity index (χ2v) is 8.40. The average molecular weight is 438 g/mol. The van der Waals surface area contributed by atoms with Crippen molar-refractivity contribution in [2.45, 2.75) is 122 Å². The molecule has 1 atom stereocenters. The second kappa shape index (κ2) is 18.7. The van der Waals surface area contributed by atoms with Crippen LogP contribution < -0.4 is 0 Å². The molecule has 0 aliphatic carbocycles. The Balaban J connectivity index is 4.54. The normalized spacial score (nSPS) is 18.4. The van der Waals surface area contributed by atoms with E-state index >= 15 is 0 Å². The Morgan fingerprint density at radius 1 is 0.800 bits per heavy atom. The van der Waals surface area contributed by atoms with Crippen LogP contribution in [0, 0.1) is 0 Å². The largest absolute Gasteiger partial charge is 0.481 e. The van der Waals surface area contributed by atoms with Crippen molar-refractivity contribution in [2.24, 2.45) is 0 Å². The lowest BCUT2D eigenvalue weighted by molar-refractivity contribution is -0.873. The maximum atomic E-state index is 12.4. The van der Waals surface area contributed by atoms with E-state index in [2.05, 4.69) is 6.92 Å². The number of esters is 1. The fourth-order valence-corrected chi connectivity index (χ4v) is 3.53. The Kier molecular flexibility index (Phi) is 10.3.